The summed E-state index contributed by atoms with van der Waals surface area (Å²) in [6, 6.07) is 13.7. The molecule has 0 aliphatic carbocycles. The van der Waals surface area contributed by atoms with Crippen molar-refractivity contribution in [1.82, 2.24) is 4.98 Å². The van der Waals surface area contributed by atoms with Gasteiger partial charge in [-0.2, -0.15) is 0 Å². The van der Waals surface area contributed by atoms with E-state index in [-0.39, 0.29) is 0 Å². The Morgan fingerprint density at radius 3 is 1.97 bits per heavy atom. The van der Waals surface area contributed by atoms with Crippen LogP contribution in [-0.2, 0) is 6.42 Å². The molecule has 158 valence electrons. The maximum absolute atomic E-state index is 6.35. The van der Waals surface area contributed by atoms with E-state index in [1.165, 1.54) is 38.5 Å². The zero-order chi connectivity index (χ0) is 21.6. The van der Waals surface area contributed by atoms with Gasteiger partial charge in [0.25, 0.3) is 0 Å². The van der Waals surface area contributed by atoms with Gasteiger partial charge in [-0.05, 0) is 87.7 Å². The van der Waals surface area contributed by atoms with Gasteiger partial charge in [-0.15, -0.1) is 0 Å². The highest BCUT2D eigenvalue weighted by Gasteiger charge is 2.19. The normalized spacial score (nSPS) is 13.4. The van der Waals surface area contributed by atoms with Crippen molar-refractivity contribution < 1.29 is 4.42 Å². The second kappa shape index (κ2) is 7.98. The quantitative estimate of drug-likeness (QED) is 0.344. The van der Waals surface area contributed by atoms with E-state index in [1.54, 1.807) is 0 Å². The SMILES string of the molecule is CC(C)c1cc2cc(CC(C)c3cc4cc[nH]c4cc3C(C)C)oc2cc1C(C)C. The Balaban J connectivity index is 1.70. The van der Waals surface area contributed by atoms with E-state index in [2.05, 4.69) is 89.8 Å². The predicted molar refractivity (Wildman–Crippen MR) is 129 cm³/mol. The van der Waals surface area contributed by atoms with Gasteiger partial charge in [-0.1, -0.05) is 48.5 Å². The van der Waals surface area contributed by atoms with E-state index in [9.17, 15) is 0 Å². The average molecular weight is 402 g/mol. The van der Waals surface area contributed by atoms with Crippen LogP contribution >= 0.6 is 0 Å². The van der Waals surface area contributed by atoms with Gasteiger partial charge in [0.2, 0.25) is 0 Å². The van der Waals surface area contributed by atoms with Crippen LogP contribution in [0.15, 0.2) is 47.0 Å². The van der Waals surface area contributed by atoms with Crippen LogP contribution in [0.1, 0.15) is 100 Å². The van der Waals surface area contributed by atoms with Crippen molar-refractivity contribution >= 4 is 21.9 Å². The third-order valence-corrected chi connectivity index (χ3v) is 6.43. The minimum Gasteiger partial charge on any atom is -0.461 e. The lowest BCUT2D eigenvalue weighted by Gasteiger charge is -2.18. The van der Waals surface area contributed by atoms with Gasteiger partial charge in [0.15, 0.2) is 0 Å². The van der Waals surface area contributed by atoms with Crippen molar-refractivity contribution in [2.75, 3.05) is 0 Å². The molecule has 0 amide bonds. The summed E-state index contributed by atoms with van der Waals surface area (Å²) in [5.41, 5.74) is 7.96. The highest BCUT2D eigenvalue weighted by Crippen LogP contribution is 2.35. The van der Waals surface area contributed by atoms with Crippen LogP contribution in [0.2, 0.25) is 0 Å². The van der Waals surface area contributed by atoms with Gasteiger partial charge in [-0.3, -0.25) is 0 Å². The molecule has 2 aromatic heterocycles. The van der Waals surface area contributed by atoms with Gasteiger partial charge in [0, 0.05) is 23.5 Å². The standard InChI is InChI=1S/C28H35NO/c1-16(2)23-13-21-11-22(30-28(21)15-25(23)18(5)6)10-19(7)26-12-20-8-9-29-27(20)14-24(26)17(3)4/h8-9,11-19,29H,10H2,1-7H3. The average Bonchev–Trinajstić information content (AvgIpc) is 3.30. The van der Waals surface area contributed by atoms with E-state index in [4.69, 9.17) is 4.42 Å². The van der Waals surface area contributed by atoms with Crippen LogP contribution in [-0.4, -0.2) is 4.98 Å². The number of hydrogen-bond acceptors (Lipinski definition) is 1. The smallest absolute Gasteiger partial charge is 0.134 e. The maximum Gasteiger partial charge on any atom is 0.134 e. The molecule has 4 rings (SSSR count). The van der Waals surface area contributed by atoms with E-state index in [0.29, 0.717) is 23.7 Å². The van der Waals surface area contributed by atoms with Crippen molar-refractivity contribution in [2.24, 2.45) is 0 Å². The summed E-state index contributed by atoms with van der Waals surface area (Å²) in [7, 11) is 0. The molecule has 0 bridgehead atoms. The first kappa shape index (κ1) is 20.8. The predicted octanol–water partition coefficient (Wildman–Crippen LogP) is 8.63. The summed E-state index contributed by atoms with van der Waals surface area (Å²) in [6.07, 6.45) is 2.94. The third-order valence-electron chi connectivity index (χ3n) is 6.43. The summed E-state index contributed by atoms with van der Waals surface area (Å²) >= 11 is 0. The molecule has 2 heterocycles. The number of fused-ring (bicyclic) bond motifs is 2. The van der Waals surface area contributed by atoms with E-state index < -0.39 is 0 Å². The summed E-state index contributed by atoms with van der Waals surface area (Å²) in [6.45, 7) is 16.0. The first-order chi connectivity index (χ1) is 14.2. The van der Waals surface area contributed by atoms with Crippen LogP contribution < -0.4 is 0 Å². The lowest BCUT2D eigenvalue weighted by Crippen LogP contribution is -2.04. The first-order valence-electron chi connectivity index (χ1n) is 11.4. The fourth-order valence-electron chi connectivity index (χ4n) is 4.75. The van der Waals surface area contributed by atoms with Crippen LogP contribution in [0.3, 0.4) is 0 Å². The van der Waals surface area contributed by atoms with Gasteiger partial charge in [0.05, 0.1) is 0 Å². The zero-order valence-electron chi connectivity index (χ0n) is 19.5. The largest absolute Gasteiger partial charge is 0.461 e. The first-order valence-corrected chi connectivity index (χ1v) is 11.4. The molecule has 0 aliphatic heterocycles. The maximum atomic E-state index is 6.35. The molecule has 0 saturated heterocycles. The van der Waals surface area contributed by atoms with Crippen molar-refractivity contribution in [2.45, 2.75) is 78.6 Å². The molecule has 1 unspecified atom stereocenters. The Kier molecular flexibility index (Phi) is 5.53. The number of hydrogen-bond donors (Lipinski definition) is 1. The number of benzene rings is 2. The van der Waals surface area contributed by atoms with Gasteiger partial charge < -0.3 is 9.40 Å². The minimum absolute atomic E-state index is 0.399. The van der Waals surface area contributed by atoms with Crippen LogP contribution in [0.5, 0.6) is 0 Å². The Morgan fingerprint density at radius 1 is 0.700 bits per heavy atom. The number of aromatic amines is 1. The molecule has 0 radical (unpaired) electrons. The van der Waals surface area contributed by atoms with Gasteiger partial charge in [0.1, 0.15) is 11.3 Å². The number of aromatic nitrogens is 1. The number of nitrogens with one attached hydrogen (secondary N) is 1. The summed E-state index contributed by atoms with van der Waals surface area (Å²) in [5.74, 6) is 2.99. The fourth-order valence-corrected chi connectivity index (χ4v) is 4.75. The number of rotatable bonds is 6. The fraction of sp³-hybridized carbons (Fsp3) is 0.429. The van der Waals surface area contributed by atoms with Crippen LogP contribution in [0, 0.1) is 0 Å². The van der Waals surface area contributed by atoms with Crippen LogP contribution in [0.25, 0.3) is 21.9 Å². The lowest BCUT2D eigenvalue weighted by atomic mass is 9.86. The Morgan fingerprint density at radius 2 is 1.30 bits per heavy atom. The molecule has 0 saturated carbocycles. The molecular formula is C28H35NO. The van der Waals surface area contributed by atoms with E-state index in [0.717, 1.165) is 17.8 Å². The molecule has 2 aromatic carbocycles. The molecular weight excluding hydrogens is 366 g/mol. The number of furan rings is 1. The molecule has 1 atom stereocenters. The van der Waals surface area contributed by atoms with Crippen molar-refractivity contribution in [3.8, 4) is 0 Å². The second-order valence-electron chi connectivity index (χ2n) is 9.85. The Bertz CT molecular complexity index is 1130. The Hall–Kier alpha value is -2.48. The topological polar surface area (TPSA) is 28.9 Å². The van der Waals surface area contributed by atoms with Crippen molar-refractivity contribution in [3.05, 3.63) is 70.6 Å². The van der Waals surface area contributed by atoms with Crippen molar-refractivity contribution in [3.63, 3.8) is 0 Å². The van der Waals surface area contributed by atoms with Gasteiger partial charge >= 0.3 is 0 Å². The molecule has 2 heteroatoms. The summed E-state index contributed by atoms with van der Waals surface area (Å²) in [4.78, 5) is 3.36. The molecule has 0 aliphatic rings. The highest BCUT2D eigenvalue weighted by atomic mass is 16.3. The molecule has 1 N–H and O–H groups in total. The van der Waals surface area contributed by atoms with E-state index in [1.807, 2.05) is 6.20 Å². The molecule has 0 spiro atoms. The second-order valence-corrected chi connectivity index (χ2v) is 9.85. The monoisotopic (exact) mass is 401 g/mol. The lowest BCUT2D eigenvalue weighted by molar-refractivity contribution is 0.525. The Labute approximate surface area is 180 Å². The molecule has 30 heavy (non-hydrogen) atoms. The van der Waals surface area contributed by atoms with E-state index >= 15 is 0 Å². The minimum atomic E-state index is 0.399. The van der Waals surface area contributed by atoms with Crippen LogP contribution in [0.4, 0.5) is 0 Å². The highest BCUT2D eigenvalue weighted by molar-refractivity contribution is 5.82. The summed E-state index contributed by atoms with van der Waals surface area (Å²) < 4.78 is 6.35. The van der Waals surface area contributed by atoms with Crippen molar-refractivity contribution in [1.29, 1.82) is 0 Å². The van der Waals surface area contributed by atoms with Gasteiger partial charge in [-0.25, -0.2) is 0 Å². The molecule has 0 fully saturated rings. The molecule has 2 nitrogen and oxygen atoms in total. The molecule has 4 aromatic rings. The summed E-state index contributed by atoms with van der Waals surface area (Å²) in [5, 5.41) is 2.52. The number of H-pyrrole nitrogens is 1. The zero-order valence-corrected chi connectivity index (χ0v) is 19.5. The third kappa shape index (κ3) is 3.80.